The number of aliphatic hydroxyl groups is 1. The maximum Gasteiger partial charge on any atom is 0.213 e. The van der Waals surface area contributed by atoms with Gasteiger partial charge in [-0.15, -0.1) is 0 Å². The summed E-state index contributed by atoms with van der Waals surface area (Å²) in [7, 11) is 1.59. The van der Waals surface area contributed by atoms with Crippen molar-refractivity contribution in [3.63, 3.8) is 0 Å². The van der Waals surface area contributed by atoms with Crippen molar-refractivity contribution in [2.75, 3.05) is 13.7 Å². The van der Waals surface area contributed by atoms with Gasteiger partial charge in [0.25, 0.3) is 0 Å². The number of rotatable bonds is 6. The maximum absolute atomic E-state index is 10.2. The molecule has 1 heterocycles. The number of nitrogens with one attached hydrogen (secondary N) is 1. The molecule has 0 aliphatic heterocycles. The molecule has 1 aromatic heterocycles. The van der Waals surface area contributed by atoms with Crippen molar-refractivity contribution in [3.8, 4) is 5.75 Å². The van der Waals surface area contributed by atoms with Crippen LogP contribution in [0.4, 0.5) is 0 Å². The van der Waals surface area contributed by atoms with Gasteiger partial charge in [0.2, 0.25) is 6.39 Å². The molecule has 2 aromatic rings. The third kappa shape index (κ3) is 3.52. The molecule has 0 amide bonds. The van der Waals surface area contributed by atoms with Gasteiger partial charge in [-0.05, 0) is 19.1 Å². The average molecular weight is 263 g/mol. The van der Waals surface area contributed by atoms with Crippen LogP contribution in [-0.4, -0.2) is 28.9 Å². The summed E-state index contributed by atoms with van der Waals surface area (Å²) in [6, 6.07) is 5.72. The highest BCUT2D eigenvalue weighted by Crippen LogP contribution is 2.25. The second-order valence-corrected chi connectivity index (χ2v) is 4.24. The first kappa shape index (κ1) is 13.5. The molecule has 2 rings (SSSR count). The Hall–Kier alpha value is -1.92. The Balaban J connectivity index is 1.95. The summed E-state index contributed by atoms with van der Waals surface area (Å²) in [5, 5.41) is 16.9. The zero-order chi connectivity index (χ0) is 13.7. The van der Waals surface area contributed by atoms with Crippen LogP contribution in [0.2, 0.25) is 0 Å². The highest BCUT2D eigenvalue weighted by Gasteiger charge is 2.13. The molecule has 2 N–H and O–H groups in total. The summed E-state index contributed by atoms with van der Waals surface area (Å²) in [6.07, 6.45) is 0.624. The molecule has 19 heavy (non-hydrogen) atoms. The zero-order valence-electron chi connectivity index (χ0n) is 11.0. The third-order valence-electron chi connectivity index (χ3n) is 2.77. The number of aliphatic hydroxyl groups excluding tert-OH is 1. The first-order valence-corrected chi connectivity index (χ1v) is 5.99. The smallest absolute Gasteiger partial charge is 0.213 e. The van der Waals surface area contributed by atoms with Gasteiger partial charge in [0.15, 0.2) is 5.82 Å². The number of aromatic nitrogens is 2. The number of hydrogen-bond acceptors (Lipinski definition) is 6. The van der Waals surface area contributed by atoms with Crippen molar-refractivity contribution in [1.82, 2.24) is 15.5 Å². The van der Waals surface area contributed by atoms with Gasteiger partial charge < -0.3 is 19.7 Å². The minimum Gasteiger partial charge on any atom is -0.496 e. The van der Waals surface area contributed by atoms with Crippen LogP contribution >= 0.6 is 0 Å². The van der Waals surface area contributed by atoms with Gasteiger partial charge in [-0.2, -0.15) is 4.98 Å². The number of hydrogen-bond donors (Lipinski definition) is 2. The van der Waals surface area contributed by atoms with E-state index in [9.17, 15) is 5.11 Å². The molecule has 6 nitrogen and oxygen atoms in total. The summed E-state index contributed by atoms with van der Waals surface area (Å²) in [4.78, 5) is 3.89. The molecule has 0 aliphatic carbocycles. The normalized spacial score (nSPS) is 12.4. The van der Waals surface area contributed by atoms with E-state index < -0.39 is 6.10 Å². The highest BCUT2D eigenvalue weighted by atomic mass is 16.5. The second-order valence-electron chi connectivity index (χ2n) is 4.24. The largest absolute Gasteiger partial charge is 0.496 e. The molecule has 6 heteroatoms. The number of nitrogens with zero attached hydrogens (tertiary/aromatic N) is 2. The fourth-order valence-electron chi connectivity index (χ4n) is 1.82. The topological polar surface area (TPSA) is 80.4 Å². The number of methoxy groups -OCH3 is 1. The number of ether oxygens (including phenoxy) is 1. The average Bonchev–Trinajstić information content (AvgIpc) is 2.91. The van der Waals surface area contributed by atoms with Crippen LogP contribution in [0, 0.1) is 6.92 Å². The van der Waals surface area contributed by atoms with Crippen molar-refractivity contribution in [1.29, 1.82) is 0 Å². The fourth-order valence-corrected chi connectivity index (χ4v) is 1.82. The Morgan fingerprint density at radius 2 is 2.32 bits per heavy atom. The van der Waals surface area contributed by atoms with Gasteiger partial charge >= 0.3 is 0 Å². The van der Waals surface area contributed by atoms with Gasteiger partial charge in [0.1, 0.15) is 5.75 Å². The summed E-state index contributed by atoms with van der Waals surface area (Å²) >= 11 is 0. The molecule has 102 valence electrons. The van der Waals surface area contributed by atoms with E-state index in [0.717, 1.165) is 11.1 Å². The molecule has 0 fully saturated rings. The summed E-state index contributed by atoms with van der Waals surface area (Å²) in [5.74, 6) is 1.24. The molecular formula is C13H17N3O3. The highest BCUT2D eigenvalue weighted by molar-refractivity contribution is 5.38. The van der Waals surface area contributed by atoms with Gasteiger partial charge in [-0.3, -0.25) is 0 Å². The molecule has 0 radical (unpaired) electrons. The summed E-state index contributed by atoms with van der Waals surface area (Å²) in [5.41, 5.74) is 1.84. The first-order chi connectivity index (χ1) is 9.20. The van der Waals surface area contributed by atoms with E-state index in [4.69, 9.17) is 4.74 Å². The molecule has 1 unspecified atom stereocenters. The lowest BCUT2D eigenvalue weighted by atomic mass is 10.1. The Morgan fingerprint density at radius 1 is 1.47 bits per heavy atom. The third-order valence-corrected chi connectivity index (χ3v) is 2.77. The van der Waals surface area contributed by atoms with E-state index in [1.54, 1.807) is 7.11 Å². The van der Waals surface area contributed by atoms with Crippen molar-refractivity contribution < 1.29 is 14.4 Å². The molecule has 0 spiro atoms. The number of benzene rings is 1. The quantitative estimate of drug-likeness (QED) is 0.815. The van der Waals surface area contributed by atoms with Crippen LogP contribution in [0.15, 0.2) is 29.1 Å². The first-order valence-electron chi connectivity index (χ1n) is 5.99. The molecule has 0 saturated carbocycles. The van der Waals surface area contributed by atoms with Crippen molar-refractivity contribution in [2.24, 2.45) is 0 Å². The lowest BCUT2D eigenvalue weighted by Gasteiger charge is -2.15. The lowest BCUT2D eigenvalue weighted by Crippen LogP contribution is -2.22. The van der Waals surface area contributed by atoms with Gasteiger partial charge in [0.05, 0.1) is 19.8 Å². The van der Waals surface area contributed by atoms with E-state index >= 15 is 0 Å². The molecule has 1 atom stereocenters. The van der Waals surface area contributed by atoms with E-state index in [-0.39, 0.29) is 0 Å². The molecule has 1 aromatic carbocycles. The standard InChI is InChI=1S/C13H17N3O3/c1-9-3-4-12(18-2)10(5-9)11(17)6-14-7-13-15-8-19-16-13/h3-5,8,11,14,17H,6-7H2,1-2H3. The number of aryl methyl sites for hydroxylation is 1. The minimum atomic E-state index is -0.651. The molecule has 0 aliphatic rings. The van der Waals surface area contributed by atoms with Crippen LogP contribution in [0.5, 0.6) is 5.75 Å². The van der Waals surface area contributed by atoms with E-state index in [1.165, 1.54) is 6.39 Å². The van der Waals surface area contributed by atoms with Crippen LogP contribution in [-0.2, 0) is 6.54 Å². The summed E-state index contributed by atoms with van der Waals surface area (Å²) < 4.78 is 9.87. The minimum absolute atomic E-state index is 0.383. The Kier molecular flexibility index (Phi) is 4.48. The van der Waals surface area contributed by atoms with E-state index in [2.05, 4.69) is 20.0 Å². The lowest BCUT2D eigenvalue weighted by molar-refractivity contribution is 0.169. The van der Waals surface area contributed by atoms with E-state index in [1.807, 2.05) is 25.1 Å². The summed E-state index contributed by atoms with van der Waals surface area (Å²) in [6.45, 7) is 2.80. The van der Waals surface area contributed by atoms with E-state index in [0.29, 0.717) is 24.7 Å². The Labute approximate surface area is 111 Å². The van der Waals surface area contributed by atoms with Gasteiger partial charge in [-0.1, -0.05) is 16.8 Å². The van der Waals surface area contributed by atoms with Crippen LogP contribution < -0.4 is 10.1 Å². The SMILES string of the molecule is COc1ccc(C)cc1C(O)CNCc1ncon1. The molecule has 0 saturated heterocycles. The van der Waals surface area contributed by atoms with Gasteiger partial charge in [-0.25, -0.2) is 0 Å². The van der Waals surface area contributed by atoms with Crippen LogP contribution in [0.1, 0.15) is 23.1 Å². The molecular weight excluding hydrogens is 246 g/mol. The predicted octanol–water partition coefficient (Wildman–Crippen LogP) is 1.21. The van der Waals surface area contributed by atoms with Crippen molar-refractivity contribution in [3.05, 3.63) is 41.5 Å². The van der Waals surface area contributed by atoms with Crippen LogP contribution in [0.25, 0.3) is 0 Å². The zero-order valence-corrected chi connectivity index (χ0v) is 11.0. The fraction of sp³-hybridized carbons (Fsp3) is 0.385. The van der Waals surface area contributed by atoms with Crippen molar-refractivity contribution >= 4 is 0 Å². The Bertz CT molecular complexity index is 514. The van der Waals surface area contributed by atoms with Gasteiger partial charge in [0, 0.05) is 12.1 Å². The maximum atomic E-state index is 10.2. The predicted molar refractivity (Wildman–Crippen MR) is 68.7 cm³/mol. The van der Waals surface area contributed by atoms with Crippen molar-refractivity contribution in [2.45, 2.75) is 19.6 Å². The molecule has 0 bridgehead atoms. The monoisotopic (exact) mass is 263 g/mol. The second kappa shape index (κ2) is 6.31. The Morgan fingerprint density at radius 3 is 3.00 bits per heavy atom. The van der Waals surface area contributed by atoms with Crippen LogP contribution in [0.3, 0.4) is 0 Å².